The van der Waals surface area contributed by atoms with Crippen LogP contribution >= 0.6 is 0 Å². The van der Waals surface area contributed by atoms with E-state index in [1.807, 2.05) is 32.9 Å². The smallest absolute Gasteiger partial charge is 0.347 e. The Kier molecular flexibility index (Phi) is 4.29. The van der Waals surface area contributed by atoms with Crippen LogP contribution in [0.2, 0.25) is 0 Å². The molecule has 23 heavy (non-hydrogen) atoms. The van der Waals surface area contributed by atoms with Gasteiger partial charge in [0.05, 0.1) is 0 Å². The van der Waals surface area contributed by atoms with Crippen molar-refractivity contribution in [1.29, 1.82) is 0 Å². The molecule has 0 bridgehead atoms. The van der Waals surface area contributed by atoms with Crippen molar-refractivity contribution in [3.63, 3.8) is 0 Å². The predicted molar refractivity (Wildman–Crippen MR) is 92.1 cm³/mol. The van der Waals surface area contributed by atoms with Crippen molar-refractivity contribution in [3.05, 3.63) is 51.1 Å². The van der Waals surface area contributed by atoms with Crippen molar-refractivity contribution < 1.29 is 9.52 Å². The molecule has 0 spiro atoms. The molecule has 1 aromatic heterocycles. The molecule has 0 atom stereocenters. The van der Waals surface area contributed by atoms with E-state index in [4.69, 9.17) is 4.42 Å². The maximum Gasteiger partial charge on any atom is 0.347 e. The molecular formula is C20H24O3. The van der Waals surface area contributed by atoms with E-state index >= 15 is 0 Å². The maximum atomic E-state index is 12.3. The molecule has 0 saturated heterocycles. The summed E-state index contributed by atoms with van der Waals surface area (Å²) in [6, 6.07) is 4.07. The first kappa shape index (κ1) is 15.9. The first-order valence-corrected chi connectivity index (χ1v) is 8.42. The highest BCUT2D eigenvalue weighted by Crippen LogP contribution is 2.41. The zero-order valence-electron chi connectivity index (χ0n) is 14.1. The van der Waals surface area contributed by atoms with Crippen molar-refractivity contribution in [3.8, 4) is 16.9 Å². The summed E-state index contributed by atoms with van der Waals surface area (Å²) in [5.41, 5.74) is 4.59. The minimum absolute atomic E-state index is 0.114. The van der Waals surface area contributed by atoms with Crippen molar-refractivity contribution in [1.82, 2.24) is 0 Å². The van der Waals surface area contributed by atoms with Gasteiger partial charge in [0.2, 0.25) is 0 Å². The average Bonchev–Trinajstić information content (AvgIpc) is 2.50. The third-order valence-electron chi connectivity index (χ3n) is 4.98. The van der Waals surface area contributed by atoms with Crippen LogP contribution in [0.25, 0.3) is 11.1 Å². The fourth-order valence-corrected chi connectivity index (χ4v) is 3.97. The van der Waals surface area contributed by atoms with Gasteiger partial charge in [0.15, 0.2) is 0 Å². The Bertz CT molecular complexity index is 757. The summed E-state index contributed by atoms with van der Waals surface area (Å²) in [5.74, 6) is 0.404. The van der Waals surface area contributed by atoms with Gasteiger partial charge in [0.25, 0.3) is 0 Å². The molecule has 0 radical (unpaired) electrons. The molecule has 2 aromatic rings. The van der Waals surface area contributed by atoms with Crippen LogP contribution in [-0.4, -0.2) is 5.11 Å². The lowest BCUT2D eigenvalue weighted by Crippen LogP contribution is -2.11. The van der Waals surface area contributed by atoms with Gasteiger partial charge in [-0.3, -0.25) is 0 Å². The molecule has 1 aromatic carbocycles. The molecule has 1 saturated carbocycles. The van der Waals surface area contributed by atoms with Gasteiger partial charge in [-0.1, -0.05) is 37.0 Å². The summed E-state index contributed by atoms with van der Waals surface area (Å²) < 4.78 is 5.30. The Morgan fingerprint density at radius 1 is 1.00 bits per heavy atom. The van der Waals surface area contributed by atoms with Crippen LogP contribution in [-0.2, 0) is 0 Å². The fourth-order valence-electron chi connectivity index (χ4n) is 3.97. The standard InChI is InChI=1S/C20H24O3/c1-12-9-13(2)17(14(3)10-12)18-19(21)16(11-23-20(18)22)15-7-5-4-6-8-15/h9-11,15,21H,4-8H2,1-3H3. The van der Waals surface area contributed by atoms with Gasteiger partial charge in [-0.2, -0.15) is 0 Å². The second kappa shape index (κ2) is 6.23. The summed E-state index contributed by atoms with van der Waals surface area (Å²) >= 11 is 0. The SMILES string of the molecule is Cc1cc(C)c(-c2c(O)c(C3CCCCC3)coc2=O)c(C)c1. The highest BCUT2D eigenvalue weighted by atomic mass is 16.4. The fraction of sp³-hybridized carbons (Fsp3) is 0.450. The van der Waals surface area contributed by atoms with Crippen molar-refractivity contribution in [2.45, 2.75) is 58.8 Å². The van der Waals surface area contributed by atoms with E-state index in [9.17, 15) is 9.90 Å². The Morgan fingerprint density at radius 2 is 1.61 bits per heavy atom. The first-order chi connectivity index (χ1) is 11.0. The van der Waals surface area contributed by atoms with Gasteiger partial charge in [-0.15, -0.1) is 0 Å². The number of benzene rings is 1. The molecule has 1 heterocycles. The summed E-state index contributed by atoms with van der Waals surface area (Å²) in [7, 11) is 0. The van der Waals surface area contributed by atoms with Crippen molar-refractivity contribution >= 4 is 0 Å². The lowest BCUT2D eigenvalue weighted by Gasteiger charge is -2.23. The van der Waals surface area contributed by atoms with Crippen LogP contribution in [0.1, 0.15) is 60.3 Å². The Labute approximate surface area is 137 Å². The van der Waals surface area contributed by atoms with E-state index in [0.29, 0.717) is 5.56 Å². The highest BCUT2D eigenvalue weighted by molar-refractivity contribution is 5.76. The van der Waals surface area contributed by atoms with Crippen LogP contribution < -0.4 is 5.63 Å². The Morgan fingerprint density at radius 3 is 2.22 bits per heavy atom. The summed E-state index contributed by atoms with van der Waals surface area (Å²) in [6.45, 7) is 5.98. The quantitative estimate of drug-likeness (QED) is 0.850. The summed E-state index contributed by atoms with van der Waals surface area (Å²) in [5, 5.41) is 10.8. The molecule has 3 heteroatoms. The van der Waals surface area contributed by atoms with Gasteiger partial charge in [-0.25, -0.2) is 4.79 Å². The molecule has 0 amide bonds. The Balaban J connectivity index is 2.18. The molecule has 1 aliphatic rings. The van der Waals surface area contributed by atoms with E-state index in [1.54, 1.807) is 0 Å². The van der Waals surface area contributed by atoms with Gasteiger partial charge < -0.3 is 9.52 Å². The molecular weight excluding hydrogens is 288 g/mol. The minimum Gasteiger partial charge on any atom is -0.507 e. The predicted octanol–water partition coefficient (Wildman–Crippen LogP) is 4.99. The van der Waals surface area contributed by atoms with Crippen LogP contribution in [0.5, 0.6) is 5.75 Å². The molecule has 1 N–H and O–H groups in total. The Hall–Kier alpha value is -2.03. The molecule has 0 unspecified atom stereocenters. The van der Waals surface area contributed by atoms with Gasteiger partial charge in [-0.05, 0) is 56.2 Å². The van der Waals surface area contributed by atoms with E-state index in [-0.39, 0.29) is 11.7 Å². The zero-order valence-corrected chi connectivity index (χ0v) is 14.1. The zero-order chi connectivity index (χ0) is 16.6. The van der Waals surface area contributed by atoms with E-state index in [0.717, 1.165) is 40.7 Å². The molecule has 0 aliphatic heterocycles. The monoisotopic (exact) mass is 312 g/mol. The minimum atomic E-state index is -0.461. The molecule has 1 aliphatic carbocycles. The average molecular weight is 312 g/mol. The molecule has 122 valence electrons. The van der Waals surface area contributed by atoms with Crippen LogP contribution in [0.3, 0.4) is 0 Å². The van der Waals surface area contributed by atoms with Crippen LogP contribution in [0.4, 0.5) is 0 Å². The topological polar surface area (TPSA) is 50.4 Å². The van der Waals surface area contributed by atoms with Crippen molar-refractivity contribution in [2.75, 3.05) is 0 Å². The normalized spacial score (nSPS) is 15.8. The third-order valence-corrected chi connectivity index (χ3v) is 4.98. The molecule has 1 fully saturated rings. The number of aromatic hydroxyl groups is 1. The van der Waals surface area contributed by atoms with Crippen LogP contribution in [0, 0.1) is 20.8 Å². The largest absolute Gasteiger partial charge is 0.507 e. The lowest BCUT2D eigenvalue weighted by atomic mass is 9.83. The molecule has 3 rings (SSSR count). The number of aryl methyl sites for hydroxylation is 3. The van der Waals surface area contributed by atoms with E-state index < -0.39 is 5.63 Å². The maximum absolute atomic E-state index is 12.3. The van der Waals surface area contributed by atoms with Gasteiger partial charge in [0.1, 0.15) is 17.6 Å². The third kappa shape index (κ3) is 2.92. The molecule has 3 nitrogen and oxygen atoms in total. The van der Waals surface area contributed by atoms with Gasteiger partial charge >= 0.3 is 5.63 Å². The van der Waals surface area contributed by atoms with E-state index in [2.05, 4.69) is 0 Å². The lowest BCUT2D eigenvalue weighted by molar-refractivity contribution is 0.393. The first-order valence-electron chi connectivity index (χ1n) is 8.42. The number of rotatable bonds is 2. The summed E-state index contributed by atoms with van der Waals surface area (Å²) in [6.07, 6.45) is 7.15. The van der Waals surface area contributed by atoms with Crippen LogP contribution in [0.15, 0.2) is 27.6 Å². The number of hydrogen-bond acceptors (Lipinski definition) is 3. The van der Waals surface area contributed by atoms with E-state index in [1.165, 1.54) is 25.5 Å². The van der Waals surface area contributed by atoms with Crippen molar-refractivity contribution in [2.24, 2.45) is 0 Å². The van der Waals surface area contributed by atoms with Gasteiger partial charge in [0, 0.05) is 5.56 Å². The summed E-state index contributed by atoms with van der Waals surface area (Å²) in [4.78, 5) is 12.3. The second-order valence-electron chi connectivity index (χ2n) is 6.81. The number of hydrogen-bond donors (Lipinski definition) is 1. The second-order valence-corrected chi connectivity index (χ2v) is 6.81. The highest BCUT2D eigenvalue weighted by Gasteiger charge is 2.25.